The van der Waals surface area contributed by atoms with Gasteiger partial charge in [-0.3, -0.25) is 10.1 Å². The van der Waals surface area contributed by atoms with Crippen molar-refractivity contribution in [2.24, 2.45) is 5.92 Å². The lowest BCUT2D eigenvalue weighted by atomic mass is 10.1. The number of halogens is 4. The Hall–Kier alpha value is -1.28. The zero-order chi connectivity index (χ0) is 17.0. The van der Waals surface area contributed by atoms with Crippen molar-refractivity contribution in [3.8, 4) is 0 Å². The van der Waals surface area contributed by atoms with Gasteiger partial charge in [0.15, 0.2) is 0 Å². The summed E-state index contributed by atoms with van der Waals surface area (Å²) in [6.07, 6.45) is -2.48. The highest BCUT2D eigenvalue weighted by atomic mass is 32.2. The fraction of sp³-hybridized carbons (Fsp3) is 0.533. The fourth-order valence-corrected chi connectivity index (χ4v) is 3.34. The Labute approximate surface area is 135 Å². The van der Waals surface area contributed by atoms with Crippen LogP contribution in [-0.2, 0) is 4.79 Å². The van der Waals surface area contributed by atoms with E-state index in [9.17, 15) is 22.4 Å². The van der Waals surface area contributed by atoms with Crippen LogP contribution in [-0.4, -0.2) is 34.8 Å². The van der Waals surface area contributed by atoms with Crippen LogP contribution in [0.4, 0.5) is 17.6 Å². The van der Waals surface area contributed by atoms with Crippen molar-refractivity contribution in [1.29, 1.82) is 0 Å². The number of hydrogen-bond donors (Lipinski definition) is 2. The van der Waals surface area contributed by atoms with Crippen molar-refractivity contribution in [3.05, 3.63) is 35.6 Å². The minimum Gasteiger partial charge on any atom is -0.480 e. The van der Waals surface area contributed by atoms with Crippen LogP contribution in [0.1, 0.15) is 24.4 Å². The van der Waals surface area contributed by atoms with Crippen LogP contribution in [0.3, 0.4) is 0 Å². The number of nitrogens with one attached hydrogen (secondary N) is 1. The zero-order valence-corrected chi connectivity index (χ0v) is 13.0. The lowest BCUT2D eigenvalue weighted by Gasteiger charge is -2.25. The summed E-state index contributed by atoms with van der Waals surface area (Å²) in [4.78, 5) is 11.2. The lowest BCUT2D eigenvalue weighted by Crippen LogP contribution is -2.46. The predicted molar refractivity (Wildman–Crippen MR) is 79.8 cm³/mol. The third kappa shape index (κ3) is 5.69. The normalized spacial score (nSPS) is 17.7. The zero-order valence-electron chi connectivity index (χ0n) is 12.1. The van der Waals surface area contributed by atoms with Crippen LogP contribution < -0.4 is 5.32 Å². The first-order valence-electron chi connectivity index (χ1n) is 7.16. The molecule has 2 rings (SSSR count). The molecule has 128 valence electrons. The first kappa shape index (κ1) is 18.1. The van der Waals surface area contributed by atoms with Crippen LogP contribution in [0.15, 0.2) is 24.3 Å². The fourth-order valence-electron chi connectivity index (χ4n) is 2.06. The molecule has 0 aromatic heterocycles. The SMILES string of the molecule is O=C(O)[C@H](CSCC1CC1)N[C@@H](c1ccc(F)cc1)C(F)(F)F. The number of carboxylic acid groups (broad SMARTS) is 1. The van der Waals surface area contributed by atoms with E-state index in [-0.39, 0.29) is 11.3 Å². The molecule has 0 bridgehead atoms. The van der Waals surface area contributed by atoms with Gasteiger partial charge in [0.25, 0.3) is 0 Å². The molecule has 0 spiro atoms. The Bertz CT molecular complexity index is 531. The average molecular weight is 351 g/mol. The summed E-state index contributed by atoms with van der Waals surface area (Å²) < 4.78 is 52.6. The van der Waals surface area contributed by atoms with Gasteiger partial charge in [0, 0.05) is 5.75 Å². The van der Waals surface area contributed by atoms with Gasteiger partial charge in [0.05, 0.1) is 0 Å². The van der Waals surface area contributed by atoms with Gasteiger partial charge >= 0.3 is 12.1 Å². The van der Waals surface area contributed by atoms with Crippen molar-refractivity contribution in [2.75, 3.05) is 11.5 Å². The molecule has 8 heteroatoms. The maximum absolute atomic E-state index is 13.2. The van der Waals surface area contributed by atoms with E-state index < -0.39 is 30.0 Å². The van der Waals surface area contributed by atoms with Crippen LogP contribution in [0.25, 0.3) is 0 Å². The number of carbonyl (C=O) groups is 1. The van der Waals surface area contributed by atoms with Crippen LogP contribution in [0, 0.1) is 11.7 Å². The molecule has 1 aliphatic carbocycles. The monoisotopic (exact) mass is 351 g/mol. The Morgan fingerprint density at radius 2 is 1.91 bits per heavy atom. The maximum atomic E-state index is 13.2. The second-order valence-electron chi connectivity index (χ2n) is 5.56. The summed E-state index contributed by atoms with van der Waals surface area (Å²) in [5.74, 6) is -0.600. The topological polar surface area (TPSA) is 49.3 Å². The van der Waals surface area contributed by atoms with E-state index in [2.05, 4.69) is 5.32 Å². The van der Waals surface area contributed by atoms with Crippen LogP contribution >= 0.6 is 11.8 Å². The van der Waals surface area contributed by atoms with Crippen LogP contribution in [0.2, 0.25) is 0 Å². The number of aliphatic carboxylic acids is 1. The first-order valence-corrected chi connectivity index (χ1v) is 8.31. The summed E-state index contributed by atoms with van der Waals surface area (Å²) in [7, 11) is 0. The van der Waals surface area contributed by atoms with E-state index in [0.29, 0.717) is 5.92 Å². The third-order valence-corrected chi connectivity index (χ3v) is 4.81. The summed E-state index contributed by atoms with van der Waals surface area (Å²) in [6.45, 7) is 0. The number of hydrogen-bond acceptors (Lipinski definition) is 3. The number of thioether (sulfide) groups is 1. The largest absolute Gasteiger partial charge is 0.480 e. The highest BCUT2D eigenvalue weighted by Crippen LogP contribution is 2.35. The van der Waals surface area contributed by atoms with Gasteiger partial charge < -0.3 is 5.11 Å². The first-order chi connectivity index (χ1) is 10.8. The van der Waals surface area contributed by atoms with Crippen molar-refractivity contribution in [3.63, 3.8) is 0 Å². The molecule has 1 aliphatic rings. The van der Waals surface area contributed by atoms with Crippen molar-refractivity contribution >= 4 is 17.7 Å². The summed E-state index contributed by atoms with van der Waals surface area (Å²) in [5.41, 5.74) is -0.211. The molecule has 0 unspecified atom stereocenters. The molecule has 0 saturated heterocycles. The summed E-state index contributed by atoms with van der Waals surface area (Å²) in [6, 6.07) is 0.398. The highest BCUT2D eigenvalue weighted by molar-refractivity contribution is 7.99. The molecule has 1 fully saturated rings. The molecule has 1 aromatic rings. The van der Waals surface area contributed by atoms with Gasteiger partial charge in [-0.05, 0) is 42.2 Å². The molecular weight excluding hydrogens is 334 g/mol. The second-order valence-corrected chi connectivity index (χ2v) is 6.64. The minimum atomic E-state index is -4.67. The average Bonchev–Trinajstić information content (AvgIpc) is 3.26. The molecule has 0 amide bonds. The number of carboxylic acids is 1. The third-order valence-electron chi connectivity index (χ3n) is 3.53. The molecule has 0 radical (unpaired) electrons. The van der Waals surface area contributed by atoms with Gasteiger partial charge in [-0.15, -0.1) is 0 Å². The Kier molecular flexibility index (Phi) is 5.91. The number of rotatable bonds is 8. The lowest BCUT2D eigenvalue weighted by molar-refractivity contribution is -0.162. The van der Waals surface area contributed by atoms with E-state index in [1.807, 2.05) is 0 Å². The van der Waals surface area contributed by atoms with Gasteiger partial charge in [-0.25, -0.2) is 4.39 Å². The molecule has 0 heterocycles. The van der Waals surface area contributed by atoms with Crippen molar-refractivity contribution in [2.45, 2.75) is 31.1 Å². The second kappa shape index (κ2) is 7.53. The van der Waals surface area contributed by atoms with Crippen molar-refractivity contribution in [1.82, 2.24) is 5.32 Å². The number of benzene rings is 1. The molecule has 2 atom stereocenters. The van der Waals surface area contributed by atoms with Crippen molar-refractivity contribution < 1.29 is 27.5 Å². The van der Waals surface area contributed by atoms with E-state index in [4.69, 9.17) is 5.11 Å². The van der Waals surface area contributed by atoms with E-state index in [0.717, 1.165) is 42.9 Å². The molecule has 2 N–H and O–H groups in total. The highest BCUT2D eigenvalue weighted by Gasteiger charge is 2.42. The maximum Gasteiger partial charge on any atom is 0.407 e. The minimum absolute atomic E-state index is 0.0552. The molecule has 1 saturated carbocycles. The van der Waals surface area contributed by atoms with Gasteiger partial charge in [0.2, 0.25) is 0 Å². The Morgan fingerprint density at radius 1 is 1.30 bits per heavy atom. The van der Waals surface area contributed by atoms with Crippen LogP contribution in [0.5, 0.6) is 0 Å². The Morgan fingerprint density at radius 3 is 2.39 bits per heavy atom. The number of alkyl halides is 3. The molecule has 0 aliphatic heterocycles. The molecular formula is C15H17F4NO2S. The standard InChI is InChI=1S/C15H17F4NO2S/c16-11-5-3-10(4-6-11)13(15(17,18)19)20-12(14(21)22)8-23-7-9-1-2-9/h3-6,9,12-13,20H,1-2,7-8H2,(H,21,22)/t12-,13-/m0/s1. The molecule has 23 heavy (non-hydrogen) atoms. The summed E-state index contributed by atoms with van der Waals surface area (Å²) >= 11 is 1.34. The van der Waals surface area contributed by atoms with E-state index >= 15 is 0 Å². The molecule has 3 nitrogen and oxygen atoms in total. The van der Waals surface area contributed by atoms with Gasteiger partial charge in [0.1, 0.15) is 17.9 Å². The Balaban J connectivity index is 2.06. The summed E-state index contributed by atoms with van der Waals surface area (Å²) in [5, 5.41) is 11.3. The van der Waals surface area contributed by atoms with E-state index in [1.165, 1.54) is 11.8 Å². The molecule has 1 aromatic carbocycles. The van der Waals surface area contributed by atoms with Gasteiger partial charge in [-0.1, -0.05) is 12.1 Å². The van der Waals surface area contributed by atoms with Gasteiger partial charge in [-0.2, -0.15) is 24.9 Å². The van der Waals surface area contributed by atoms with E-state index in [1.54, 1.807) is 0 Å². The predicted octanol–water partition coefficient (Wildman–Crippen LogP) is 3.62. The smallest absolute Gasteiger partial charge is 0.407 e. The quantitative estimate of drug-likeness (QED) is 0.703.